The number of nitrogens with one attached hydrogen (secondary N) is 1. The monoisotopic (exact) mass is 245 g/mol. The van der Waals surface area contributed by atoms with Gasteiger partial charge < -0.3 is 9.72 Å². The molecule has 2 rings (SSSR count). The minimum atomic E-state index is -4.49. The molecular formula is C9H6F3N3O2. The van der Waals surface area contributed by atoms with Gasteiger partial charge in [0, 0.05) is 6.20 Å². The molecule has 2 heterocycles. The van der Waals surface area contributed by atoms with Crippen molar-refractivity contribution in [3.63, 3.8) is 0 Å². The quantitative estimate of drug-likeness (QED) is 0.777. The highest BCUT2D eigenvalue weighted by Gasteiger charge is 2.31. The molecule has 5 nitrogen and oxygen atoms in total. The van der Waals surface area contributed by atoms with Crippen molar-refractivity contribution < 1.29 is 22.7 Å². The number of aromatic nitrogens is 3. The van der Waals surface area contributed by atoms with Crippen molar-refractivity contribution in [2.45, 2.75) is 6.18 Å². The predicted molar refractivity (Wildman–Crippen MR) is 50.2 cm³/mol. The summed E-state index contributed by atoms with van der Waals surface area (Å²) in [7, 11) is 1.14. The molecule has 0 radical (unpaired) electrons. The SMILES string of the molecule is COC(=O)c1nc2ncc(C(F)(F)F)cc2[nH]1. The number of hydrogen-bond acceptors (Lipinski definition) is 4. The van der Waals surface area contributed by atoms with Crippen LogP contribution < -0.4 is 0 Å². The van der Waals surface area contributed by atoms with E-state index >= 15 is 0 Å². The normalized spacial score (nSPS) is 11.8. The van der Waals surface area contributed by atoms with Crippen LogP contribution in [0.4, 0.5) is 13.2 Å². The van der Waals surface area contributed by atoms with Crippen LogP contribution in [0.5, 0.6) is 0 Å². The Balaban J connectivity index is 2.52. The Morgan fingerprint density at radius 1 is 1.47 bits per heavy atom. The highest BCUT2D eigenvalue weighted by atomic mass is 19.4. The van der Waals surface area contributed by atoms with Gasteiger partial charge in [0.1, 0.15) is 0 Å². The Morgan fingerprint density at radius 2 is 2.18 bits per heavy atom. The minimum Gasteiger partial charge on any atom is -0.463 e. The Kier molecular flexibility index (Phi) is 2.49. The number of nitrogens with zero attached hydrogens (tertiary/aromatic N) is 2. The largest absolute Gasteiger partial charge is 0.463 e. The van der Waals surface area contributed by atoms with Gasteiger partial charge >= 0.3 is 12.1 Å². The molecule has 0 aliphatic rings. The van der Waals surface area contributed by atoms with Gasteiger partial charge in [-0.3, -0.25) is 0 Å². The number of ether oxygens (including phenoxy) is 1. The molecule has 0 spiro atoms. The van der Waals surface area contributed by atoms with Gasteiger partial charge in [-0.2, -0.15) is 13.2 Å². The van der Waals surface area contributed by atoms with E-state index in [-0.39, 0.29) is 17.0 Å². The number of methoxy groups -OCH3 is 1. The zero-order chi connectivity index (χ0) is 12.6. The standard InChI is InChI=1S/C9H6F3N3O2/c1-17-8(16)7-14-5-2-4(9(10,11)12)3-13-6(5)15-7/h2-3H,1H3,(H,13,14,15). The lowest BCUT2D eigenvalue weighted by Gasteiger charge is -2.04. The first-order valence-electron chi connectivity index (χ1n) is 4.43. The maximum atomic E-state index is 12.4. The number of pyridine rings is 1. The lowest BCUT2D eigenvalue weighted by molar-refractivity contribution is -0.137. The smallest absolute Gasteiger partial charge is 0.417 e. The van der Waals surface area contributed by atoms with Crippen LogP contribution in [0.1, 0.15) is 16.2 Å². The number of carbonyl (C=O) groups excluding carboxylic acids is 1. The van der Waals surface area contributed by atoms with Gasteiger partial charge in [0.25, 0.3) is 0 Å². The molecule has 1 N–H and O–H groups in total. The molecule has 0 aliphatic carbocycles. The summed E-state index contributed by atoms with van der Waals surface area (Å²) in [6.07, 6.45) is -3.83. The van der Waals surface area contributed by atoms with E-state index in [0.717, 1.165) is 13.2 Å². The third kappa shape index (κ3) is 2.05. The van der Waals surface area contributed by atoms with E-state index in [2.05, 4.69) is 19.7 Å². The number of H-pyrrole nitrogens is 1. The lowest BCUT2D eigenvalue weighted by atomic mass is 10.2. The zero-order valence-electron chi connectivity index (χ0n) is 8.50. The summed E-state index contributed by atoms with van der Waals surface area (Å²) in [5.41, 5.74) is -0.858. The first kappa shape index (κ1) is 11.4. The Bertz CT molecular complexity index is 576. The average Bonchev–Trinajstić information content (AvgIpc) is 2.69. The van der Waals surface area contributed by atoms with Crippen LogP contribution >= 0.6 is 0 Å². The van der Waals surface area contributed by atoms with Crippen LogP contribution in [0.3, 0.4) is 0 Å². The lowest BCUT2D eigenvalue weighted by Crippen LogP contribution is -2.05. The summed E-state index contributed by atoms with van der Waals surface area (Å²) in [4.78, 5) is 20.7. The molecule has 0 saturated carbocycles. The highest BCUT2D eigenvalue weighted by molar-refractivity contribution is 5.89. The van der Waals surface area contributed by atoms with Crippen molar-refractivity contribution in [3.05, 3.63) is 23.7 Å². The first-order valence-corrected chi connectivity index (χ1v) is 4.43. The van der Waals surface area contributed by atoms with Crippen molar-refractivity contribution in [2.75, 3.05) is 7.11 Å². The number of alkyl halides is 3. The summed E-state index contributed by atoms with van der Waals surface area (Å²) >= 11 is 0. The van der Waals surface area contributed by atoms with Gasteiger partial charge in [-0.05, 0) is 6.07 Å². The number of aromatic amines is 1. The molecule has 0 aliphatic heterocycles. The topological polar surface area (TPSA) is 67.9 Å². The van der Waals surface area contributed by atoms with E-state index in [4.69, 9.17) is 0 Å². The second kappa shape index (κ2) is 3.72. The fourth-order valence-corrected chi connectivity index (χ4v) is 1.25. The van der Waals surface area contributed by atoms with Crippen molar-refractivity contribution in [1.29, 1.82) is 0 Å². The number of esters is 1. The van der Waals surface area contributed by atoms with Crippen molar-refractivity contribution in [3.8, 4) is 0 Å². The molecule has 2 aromatic heterocycles. The van der Waals surface area contributed by atoms with E-state index < -0.39 is 17.7 Å². The highest BCUT2D eigenvalue weighted by Crippen LogP contribution is 2.29. The first-order chi connectivity index (χ1) is 7.91. The predicted octanol–water partition coefficient (Wildman–Crippen LogP) is 1.76. The summed E-state index contributed by atoms with van der Waals surface area (Å²) in [5, 5.41) is 0. The summed E-state index contributed by atoms with van der Waals surface area (Å²) < 4.78 is 41.5. The number of halogens is 3. The Morgan fingerprint density at radius 3 is 2.76 bits per heavy atom. The summed E-state index contributed by atoms with van der Waals surface area (Å²) in [6, 6.07) is 0.835. The maximum absolute atomic E-state index is 12.4. The van der Waals surface area contributed by atoms with Gasteiger partial charge in [0.05, 0.1) is 18.2 Å². The number of fused-ring (bicyclic) bond motifs is 1. The average molecular weight is 245 g/mol. The second-order valence-electron chi connectivity index (χ2n) is 3.17. The van der Waals surface area contributed by atoms with Crippen LogP contribution in [0.15, 0.2) is 12.3 Å². The molecule has 90 valence electrons. The third-order valence-electron chi connectivity index (χ3n) is 2.04. The minimum absolute atomic E-state index is 0.0263. The number of rotatable bonds is 1. The Labute approximate surface area is 92.6 Å². The van der Waals surface area contributed by atoms with Gasteiger partial charge in [-0.1, -0.05) is 0 Å². The van der Waals surface area contributed by atoms with Gasteiger partial charge in [0.15, 0.2) is 5.65 Å². The molecule has 0 bridgehead atoms. The van der Waals surface area contributed by atoms with E-state index in [0.29, 0.717) is 6.20 Å². The van der Waals surface area contributed by atoms with Crippen LogP contribution in [-0.4, -0.2) is 28.0 Å². The summed E-state index contributed by atoms with van der Waals surface area (Å²) in [5.74, 6) is -0.953. The molecule has 0 fully saturated rings. The maximum Gasteiger partial charge on any atom is 0.417 e. The molecule has 0 aromatic carbocycles. The Hall–Kier alpha value is -2.12. The summed E-state index contributed by atoms with van der Waals surface area (Å²) in [6.45, 7) is 0. The van der Waals surface area contributed by atoms with Crippen molar-refractivity contribution >= 4 is 17.1 Å². The molecule has 0 unspecified atom stereocenters. The van der Waals surface area contributed by atoms with Crippen LogP contribution in [0, 0.1) is 0 Å². The van der Waals surface area contributed by atoms with Crippen molar-refractivity contribution in [2.24, 2.45) is 0 Å². The van der Waals surface area contributed by atoms with Gasteiger partial charge in [0.2, 0.25) is 5.82 Å². The fourth-order valence-electron chi connectivity index (χ4n) is 1.25. The molecule has 2 aromatic rings. The van der Waals surface area contributed by atoms with Crippen LogP contribution in [0.2, 0.25) is 0 Å². The molecule has 0 amide bonds. The molecule has 17 heavy (non-hydrogen) atoms. The molecule has 0 atom stereocenters. The second-order valence-corrected chi connectivity index (χ2v) is 3.17. The van der Waals surface area contributed by atoms with Crippen LogP contribution in [0.25, 0.3) is 11.2 Å². The number of imidazole rings is 1. The van der Waals surface area contributed by atoms with Crippen molar-refractivity contribution in [1.82, 2.24) is 15.0 Å². The van der Waals surface area contributed by atoms with Gasteiger partial charge in [-0.25, -0.2) is 14.8 Å². The fraction of sp³-hybridized carbons (Fsp3) is 0.222. The zero-order valence-corrected chi connectivity index (χ0v) is 8.50. The van der Waals surface area contributed by atoms with Crippen LogP contribution in [-0.2, 0) is 10.9 Å². The van der Waals surface area contributed by atoms with E-state index in [9.17, 15) is 18.0 Å². The molecule has 8 heteroatoms. The third-order valence-corrected chi connectivity index (χ3v) is 2.04. The van der Waals surface area contributed by atoms with E-state index in [1.54, 1.807) is 0 Å². The number of hydrogen-bond donors (Lipinski definition) is 1. The van der Waals surface area contributed by atoms with E-state index in [1.807, 2.05) is 0 Å². The van der Waals surface area contributed by atoms with E-state index in [1.165, 1.54) is 0 Å². The molecule has 0 saturated heterocycles. The van der Waals surface area contributed by atoms with Gasteiger partial charge in [-0.15, -0.1) is 0 Å². The number of carbonyl (C=O) groups is 1. The molecular weight excluding hydrogens is 239 g/mol.